The molecule has 1 aromatic heterocycles. The molecule has 0 aromatic carbocycles. The second-order valence-electron chi connectivity index (χ2n) is 4.89. The van der Waals surface area contributed by atoms with Crippen LogP contribution in [0.4, 0.5) is 0 Å². The van der Waals surface area contributed by atoms with Gasteiger partial charge in [0.1, 0.15) is 10.8 Å². The van der Waals surface area contributed by atoms with E-state index in [-0.39, 0.29) is 10.3 Å². The molecule has 1 amide bonds. The van der Waals surface area contributed by atoms with Crippen molar-refractivity contribution in [1.82, 2.24) is 9.62 Å². The van der Waals surface area contributed by atoms with Crippen molar-refractivity contribution < 1.29 is 23.1 Å². The average molecular weight is 348 g/mol. The fourth-order valence-electron chi connectivity index (χ4n) is 1.82. The second kappa shape index (κ2) is 7.70. The van der Waals surface area contributed by atoms with Crippen LogP contribution in [-0.2, 0) is 19.6 Å². The molecule has 0 aliphatic carbocycles. The van der Waals surface area contributed by atoms with E-state index in [1.807, 2.05) is 6.92 Å². The van der Waals surface area contributed by atoms with Crippen molar-refractivity contribution in [2.45, 2.75) is 43.5 Å². The standard InChI is InChI=1S/C13H20N2O5S2/c1-4-9(2)15(8-11(16)17)13(18)10(3)14-22(19,20)12-6-5-7-21-12/h5-7,9-10,14H,4,8H2,1-3H3,(H,16,17). The molecule has 124 valence electrons. The molecule has 0 radical (unpaired) electrons. The maximum absolute atomic E-state index is 12.4. The van der Waals surface area contributed by atoms with Crippen LogP contribution in [0.3, 0.4) is 0 Å². The molecule has 0 saturated carbocycles. The van der Waals surface area contributed by atoms with E-state index in [1.165, 1.54) is 17.9 Å². The van der Waals surface area contributed by atoms with Crippen molar-refractivity contribution in [3.8, 4) is 0 Å². The smallest absolute Gasteiger partial charge is 0.323 e. The summed E-state index contributed by atoms with van der Waals surface area (Å²) < 4.78 is 26.6. The van der Waals surface area contributed by atoms with E-state index in [9.17, 15) is 18.0 Å². The molecule has 2 unspecified atom stereocenters. The zero-order valence-corrected chi connectivity index (χ0v) is 14.3. The molecule has 7 nitrogen and oxygen atoms in total. The van der Waals surface area contributed by atoms with Crippen LogP contribution in [-0.4, -0.2) is 48.9 Å². The van der Waals surface area contributed by atoms with Gasteiger partial charge < -0.3 is 10.0 Å². The third-order valence-electron chi connectivity index (χ3n) is 3.17. The quantitative estimate of drug-likeness (QED) is 0.733. The number of carboxylic acid groups (broad SMARTS) is 1. The van der Waals surface area contributed by atoms with Gasteiger partial charge in [0.15, 0.2) is 0 Å². The Labute approximate surface area is 134 Å². The van der Waals surface area contributed by atoms with Gasteiger partial charge in [-0.15, -0.1) is 11.3 Å². The SMILES string of the molecule is CCC(C)N(CC(=O)O)C(=O)C(C)NS(=O)(=O)c1cccs1. The molecule has 0 aliphatic heterocycles. The van der Waals surface area contributed by atoms with Crippen molar-refractivity contribution in [2.75, 3.05) is 6.54 Å². The summed E-state index contributed by atoms with van der Waals surface area (Å²) in [5, 5.41) is 10.5. The summed E-state index contributed by atoms with van der Waals surface area (Å²) in [4.78, 5) is 24.4. The van der Waals surface area contributed by atoms with Crippen molar-refractivity contribution in [2.24, 2.45) is 0 Å². The minimum Gasteiger partial charge on any atom is -0.480 e. The van der Waals surface area contributed by atoms with Gasteiger partial charge in [-0.05, 0) is 31.7 Å². The summed E-state index contributed by atoms with van der Waals surface area (Å²) in [5.41, 5.74) is 0. The molecular weight excluding hydrogens is 328 g/mol. The van der Waals surface area contributed by atoms with Gasteiger partial charge >= 0.3 is 5.97 Å². The molecule has 0 spiro atoms. The highest BCUT2D eigenvalue weighted by atomic mass is 32.2. The van der Waals surface area contributed by atoms with Gasteiger partial charge in [0.05, 0.1) is 6.04 Å². The van der Waals surface area contributed by atoms with Crippen LogP contribution in [0.25, 0.3) is 0 Å². The van der Waals surface area contributed by atoms with Gasteiger partial charge in [-0.1, -0.05) is 13.0 Å². The summed E-state index contributed by atoms with van der Waals surface area (Å²) in [6, 6.07) is 1.70. The molecule has 2 N–H and O–H groups in total. The number of carbonyl (C=O) groups excluding carboxylic acids is 1. The molecule has 2 atom stereocenters. The van der Waals surface area contributed by atoms with Crippen LogP contribution in [0.15, 0.2) is 21.7 Å². The molecule has 1 rings (SSSR count). The maximum Gasteiger partial charge on any atom is 0.323 e. The lowest BCUT2D eigenvalue weighted by atomic mass is 10.2. The highest BCUT2D eigenvalue weighted by Crippen LogP contribution is 2.16. The highest BCUT2D eigenvalue weighted by molar-refractivity contribution is 7.91. The molecular formula is C13H20N2O5S2. The summed E-state index contributed by atoms with van der Waals surface area (Å²) >= 11 is 1.04. The van der Waals surface area contributed by atoms with Gasteiger partial charge in [-0.25, -0.2) is 8.42 Å². The van der Waals surface area contributed by atoms with E-state index >= 15 is 0 Å². The topological polar surface area (TPSA) is 104 Å². The van der Waals surface area contributed by atoms with Crippen molar-refractivity contribution in [3.05, 3.63) is 17.5 Å². The van der Waals surface area contributed by atoms with Crippen molar-refractivity contribution in [1.29, 1.82) is 0 Å². The van der Waals surface area contributed by atoms with Gasteiger partial charge in [-0.3, -0.25) is 9.59 Å². The number of aliphatic carboxylic acids is 1. The van der Waals surface area contributed by atoms with Gasteiger partial charge in [0, 0.05) is 6.04 Å². The highest BCUT2D eigenvalue weighted by Gasteiger charge is 2.29. The predicted molar refractivity (Wildman–Crippen MR) is 83.2 cm³/mol. The van der Waals surface area contributed by atoms with Crippen LogP contribution in [0, 0.1) is 0 Å². The minimum absolute atomic E-state index is 0.112. The van der Waals surface area contributed by atoms with Gasteiger partial charge in [-0.2, -0.15) is 4.72 Å². The normalized spacial score (nSPS) is 14.3. The average Bonchev–Trinajstić information content (AvgIpc) is 2.97. The van der Waals surface area contributed by atoms with E-state index in [1.54, 1.807) is 18.4 Å². The first-order valence-corrected chi connectivity index (χ1v) is 9.13. The van der Waals surface area contributed by atoms with E-state index in [0.29, 0.717) is 6.42 Å². The zero-order chi connectivity index (χ0) is 16.9. The van der Waals surface area contributed by atoms with Crippen LogP contribution >= 0.6 is 11.3 Å². The van der Waals surface area contributed by atoms with Crippen LogP contribution in [0.2, 0.25) is 0 Å². The Morgan fingerprint density at radius 3 is 2.50 bits per heavy atom. The fourth-order valence-corrected chi connectivity index (χ4v) is 4.03. The van der Waals surface area contributed by atoms with Crippen molar-refractivity contribution >= 4 is 33.2 Å². The number of carboxylic acids is 1. The number of hydrogen-bond acceptors (Lipinski definition) is 5. The van der Waals surface area contributed by atoms with Gasteiger partial charge in [0.25, 0.3) is 10.0 Å². The van der Waals surface area contributed by atoms with Crippen LogP contribution < -0.4 is 4.72 Å². The summed E-state index contributed by atoms with van der Waals surface area (Å²) in [6.45, 7) is 4.50. The van der Waals surface area contributed by atoms with E-state index in [4.69, 9.17) is 5.11 Å². The first-order chi connectivity index (χ1) is 10.2. The molecule has 0 bridgehead atoms. The number of rotatable bonds is 8. The number of amides is 1. The first-order valence-electron chi connectivity index (χ1n) is 6.77. The minimum atomic E-state index is -3.78. The van der Waals surface area contributed by atoms with Crippen LogP contribution in [0.1, 0.15) is 27.2 Å². The number of nitrogens with one attached hydrogen (secondary N) is 1. The fraction of sp³-hybridized carbons (Fsp3) is 0.538. The molecule has 1 aromatic rings. The Morgan fingerprint density at radius 1 is 1.41 bits per heavy atom. The van der Waals surface area contributed by atoms with Crippen LogP contribution in [0.5, 0.6) is 0 Å². The third-order valence-corrected chi connectivity index (χ3v) is 6.11. The number of sulfonamides is 1. The van der Waals surface area contributed by atoms with E-state index < -0.39 is 34.5 Å². The summed E-state index contributed by atoms with van der Waals surface area (Å²) in [7, 11) is -3.78. The van der Waals surface area contributed by atoms with Crippen molar-refractivity contribution in [3.63, 3.8) is 0 Å². The largest absolute Gasteiger partial charge is 0.480 e. The predicted octanol–water partition coefficient (Wildman–Crippen LogP) is 1.13. The number of nitrogens with zero attached hydrogens (tertiary/aromatic N) is 1. The molecule has 0 fully saturated rings. The molecule has 22 heavy (non-hydrogen) atoms. The maximum atomic E-state index is 12.4. The number of thiophene rings is 1. The lowest BCUT2D eigenvalue weighted by Crippen LogP contribution is -2.51. The Bertz CT molecular complexity index is 612. The van der Waals surface area contributed by atoms with Gasteiger partial charge in [0.2, 0.25) is 5.91 Å². The number of hydrogen-bond donors (Lipinski definition) is 2. The van der Waals surface area contributed by atoms with E-state index in [0.717, 1.165) is 11.3 Å². The number of carbonyl (C=O) groups is 2. The lowest BCUT2D eigenvalue weighted by molar-refractivity contribution is -0.146. The molecule has 0 saturated heterocycles. The molecule has 0 aliphatic rings. The Hall–Kier alpha value is -1.45. The summed E-state index contributed by atoms with van der Waals surface area (Å²) in [5.74, 6) is -1.70. The molecule has 9 heteroatoms. The third kappa shape index (κ3) is 4.79. The first kappa shape index (κ1) is 18.6. The molecule has 1 heterocycles. The lowest BCUT2D eigenvalue weighted by Gasteiger charge is -2.29. The monoisotopic (exact) mass is 348 g/mol. The Morgan fingerprint density at radius 2 is 2.05 bits per heavy atom. The second-order valence-corrected chi connectivity index (χ2v) is 7.78. The van der Waals surface area contributed by atoms with E-state index in [2.05, 4.69) is 4.72 Å². The Kier molecular flexibility index (Phi) is 6.51. The Balaban J connectivity index is 2.88. The zero-order valence-electron chi connectivity index (χ0n) is 12.6. The summed E-state index contributed by atoms with van der Waals surface area (Å²) in [6.07, 6.45) is 0.573.